The summed E-state index contributed by atoms with van der Waals surface area (Å²) in [6.07, 6.45) is -2.79. The molecule has 134 valence electrons. The molecule has 1 aromatic heterocycles. The highest BCUT2D eigenvalue weighted by Crippen LogP contribution is 2.44. The summed E-state index contributed by atoms with van der Waals surface area (Å²) in [6, 6.07) is 6.47. The molecule has 0 aliphatic carbocycles. The van der Waals surface area contributed by atoms with Crippen LogP contribution in [-0.4, -0.2) is 27.5 Å². The standard InChI is InChI=1S/C16H15F3N2O2S2/c17-16(18,19)11-5-6-13-14(9-11)21(10-12-3-1-7-20(12)13)25(22,23)15-4-2-8-24-15/h2,4-6,8-9,12H,1,3,7,10H2. The fourth-order valence-corrected chi connectivity index (χ4v) is 6.13. The van der Waals surface area contributed by atoms with E-state index in [0.717, 1.165) is 47.2 Å². The zero-order chi connectivity index (χ0) is 17.8. The number of fused-ring (bicyclic) bond motifs is 3. The van der Waals surface area contributed by atoms with Gasteiger partial charge >= 0.3 is 6.18 Å². The first-order valence-corrected chi connectivity index (χ1v) is 10.1. The molecule has 0 bridgehead atoms. The molecule has 3 heterocycles. The van der Waals surface area contributed by atoms with Crippen LogP contribution in [0.1, 0.15) is 18.4 Å². The Bertz CT molecular complexity index is 895. The largest absolute Gasteiger partial charge is 0.416 e. The first-order valence-electron chi connectivity index (χ1n) is 7.82. The van der Waals surface area contributed by atoms with Gasteiger partial charge in [-0.25, -0.2) is 8.42 Å². The normalized spacial score (nSPS) is 20.5. The lowest BCUT2D eigenvalue weighted by Crippen LogP contribution is -2.48. The zero-order valence-electron chi connectivity index (χ0n) is 13.0. The van der Waals surface area contributed by atoms with Gasteiger partial charge in [-0.15, -0.1) is 11.3 Å². The Morgan fingerprint density at radius 2 is 1.96 bits per heavy atom. The molecular formula is C16H15F3N2O2S2. The van der Waals surface area contributed by atoms with Crippen molar-refractivity contribution in [3.63, 3.8) is 0 Å². The molecule has 1 unspecified atom stereocenters. The molecule has 1 atom stereocenters. The van der Waals surface area contributed by atoms with Crippen molar-refractivity contribution >= 4 is 32.7 Å². The molecule has 4 nitrogen and oxygen atoms in total. The topological polar surface area (TPSA) is 40.6 Å². The van der Waals surface area contributed by atoms with E-state index in [1.807, 2.05) is 4.90 Å². The quantitative estimate of drug-likeness (QED) is 0.782. The lowest BCUT2D eigenvalue weighted by molar-refractivity contribution is -0.137. The number of nitrogens with zero attached hydrogens (tertiary/aromatic N) is 2. The monoisotopic (exact) mass is 388 g/mol. The third kappa shape index (κ3) is 2.69. The van der Waals surface area contributed by atoms with Gasteiger partial charge in [-0.3, -0.25) is 4.31 Å². The number of alkyl halides is 3. The number of benzene rings is 1. The molecule has 1 aromatic carbocycles. The Labute approximate surface area is 147 Å². The molecule has 2 aliphatic heterocycles. The highest BCUT2D eigenvalue weighted by molar-refractivity contribution is 7.94. The van der Waals surface area contributed by atoms with Crippen LogP contribution in [0.4, 0.5) is 24.5 Å². The van der Waals surface area contributed by atoms with E-state index in [4.69, 9.17) is 0 Å². The van der Waals surface area contributed by atoms with Gasteiger partial charge in [0.05, 0.1) is 23.5 Å². The van der Waals surface area contributed by atoms with Crippen LogP contribution in [-0.2, 0) is 16.2 Å². The SMILES string of the molecule is O=S(=O)(c1cccs1)N1CC2CCCN2c2ccc(C(F)(F)F)cc21. The number of anilines is 2. The maximum atomic E-state index is 13.1. The first kappa shape index (κ1) is 16.7. The zero-order valence-corrected chi connectivity index (χ0v) is 14.7. The minimum Gasteiger partial charge on any atom is -0.365 e. The second-order valence-corrected chi connectivity index (χ2v) is 9.20. The van der Waals surface area contributed by atoms with E-state index >= 15 is 0 Å². The molecule has 0 saturated carbocycles. The van der Waals surface area contributed by atoms with E-state index in [2.05, 4.69) is 0 Å². The Hall–Kier alpha value is -1.74. The van der Waals surface area contributed by atoms with Crippen LogP contribution in [0.3, 0.4) is 0 Å². The minimum absolute atomic E-state index is 0.000950. The summed E-state index contributed by atoms with van der Waals surface area (Å²) in [5, 5.41) is 1.64. The Morgan fingerprint density at radius 3 is 2.64 bits per heavy atom. The van der Waals surface area contributed by atoms with Crippen LogP contribution >= 0.6 is 11.3 Å². The highest BCUT2D eigenvalue weighted by atomic mass is 32.2. The fraction of sp³-hybridized carbons (Fsp3) is 0.375. The van der Waals surface area contributed by atoms with Gasteiger partial charge in [0.25, 0.3) is 10.0 Å². The lowest BCUT2D eigenvalue weighted by Gasteiger charge is -2.40. The number of halogens is 3. The lowest BCUT2D eigenvalue weighted by atomic mass is 10.1. The average Bonchev–Trinajstić information content (AvgIpc) is 3.24. The van der Waals surface area contributed by atoms with Crippen LogP contribution < -0.4 is 9.21 Å². The summed E-state index contributed by atoms with van der Waals surface area (Å²) in [5.41, 5.74) is -0.168. The van der Waals surface area contributed by atoms with E-state index in [9.17, 15) is 21.6 Å². The molecule has 25 heavy (non-hydrogen) atoms. The maximum absolute atomic E-state index is 13.1. The highest BCUT2D eigenvalue weighted by Gasteiger charge is 2.41. The van der Waals surface area contributed by atoms with E-state index < -0.39 is 21.8 Å². The molecule has 0 spiro atoms. The minimum atomic E-state index is -4.52. The van der Waals surface area contributed by atoms with Crippen molar-refractivity contribution in [3.05, 3.63) is 41.3 Å². The predicted molar refractivity (Wildman–Crippen MR) is 90.7 cm³/mol. The van der Waals surface area contributed by atoms with Gasteiger partial charge in [-0.1, -0.05) is 6.07 Å². The molecule has 2 aromatic rings. The Balaban J connectivity index is 1.88. The molecule has 0 amide bonds. The number of sulfonamides is 1. The van der Waals surface area contributed by atoms with Crippen molar-refractivity contribution in [2.45, 2.75) is 29.3 Å². The molecular weight excluding hydrogens is 373 g/mol. The second kappa shape index (κ2) is 5.63. The van der Waals surface area contributed by atoms with Gasteiger partial charge in [0, 0.05) is 12.6 Å². The van der Waals surface area contributed by atoms with Gasteiger partial charge < -0.3 is 4.90 Å². The maximum Gasteiger partial charge on any atom is 0.416 e. The van der Waals surface area contributed by atoms with Gasteiger partial charge in [-0.2, -0.15) is 13.2 Å². The molecule has 1 saturated heterocycles. The molecule has 0 radical (unpaired) electrons. The Kier molecular flexibility index (Phi) is 3.77. The van der Waals surface area contributed by atoms with Crippen molar-refractivity contribution in [3.8, 4) is 0 Å². The second-order valence-electron chi connectivity index (χ2n) is 6.16. The van der Waals surface area contributed by atoms with E-state index in [0.29, 0.717) is 5.69 Å². The van der Waals surface area contributed by atoms with Crippen LogP contribution in [0.2, 0.25) is 0 Å². The summed E-state index contributed by atoms with van der Waals surface area (Å²) in [4.78, 5) is 2.02. The Morgan fingerprint density at radius 1 is 1.16 bits per heavy atom. The molecule has 0 N–H and O–H groups in total. The fourth-order valence-electron chi connectivity index (χ4n) is 3.52. The molecule has 2 aliphatic rings. The number of thiophene rings is 1. The van der Waals surface area contributed by atoms with E-state index in [-0.39, 0.29) is 22.5 Å². The number of rotatable bonds is 2. The molecule has 1 fully saturated rings. The van der Waals surface area contributed by atoms with E-state index in [1.54, 1.807) is 11.4 Å². The molecule has 9 heteroatoms. The summed E-state index contributed by atoms with van der Waals surface area (Å²) >= 11 is 1.07. The number of hydrogen-bond donors (Lipinski definition) is 0. The van der Waals surface area contributed by atoms with Crippen LogP contribution in [0.15, 0.2) is 39.9 Å². The van der Waals surface area contributed by atoms with Crippen molar-refractivity contribution in [1.82, 2.24) is 0 Å². The summed E-state index contributed by atoms with van der Waals surface area (Å²) in [6.45, 7) is 0.907. The van der Waals surface area contributed by atoms with E-state index in [1.165, 1.54) is 12.1 Å². The third-order valence-electron chi connectivity index (χ3n) is 4.67. The van der Waals surface area contributed by atoms with Crippen LogP contribution in [0.5, 0.6) is 0 Å². The first-order chi connectivity index (χ1) is 11.8. The van der Waals surface area contributed by atoms with Crippen molar-refractivity contribution in [2.75, 3.05) is 22.3 Å². The predicted octanol–water partition coefficient (Wildman–Crippen LogP) is 3.94. The summed E-state index contributed by atoms with van der Waals surface area (Å²) in [7, 11) is -3.88. The van der Waals surface area contributed by atoms with Crippen LogP contribution in [0, 0.1) is 0 Å². The molecule has 4 rings (SSSR count). The van der Waals surface area contributed by atoms with Gasteiger partial charge in [0.1, 0.15) is 4.21 Å². The van der Waals surface area contributed by atoms with Gasteiger partial charge in [0.15, 0.2) is 0 Å². The smallest absolute Gasteiger partial charge is 0.365 e. The van der Waals surface area contributed by atoms with Crippen molar-refractivity contribution in [1.29, 1.82) is 0 Å². The van der Waals surface area contributed by atoms with Gasteiger partial charge in [0.2, 0.25) is 0 Å². The van der Waals surface area contributed by atoms with Crippen LogP contribution in [0.25, 0.3) is 0 Å². The van der Waals surface area contributed by atoms with Crippen molar-refractivity contribution < 1.29 is 21.6 Å². The summed E-state index contributed by atoms with van der Waals surface area (Å²) < 4.78 is 66.7. The number of hydrogen-bond acceptors (Lipinski definition) is 4. The van der Waals surface area contributed by atoms with Crippen molar-refractivity contribution in [2.24, 2.45) is 0 Å². The third-order valence-corrected chi connectivity index (χ3v) is 7.83. The van der Waals surface area contributed by atoms with Gasteiger partial charge in [-0.05, 0) is 42.5 Å². The average molecular weight is 388 g/mol. The summed E-state index contributed by atoms with van der Waals surface area (Å²) in [5.74, 6) is 0.